The fourth-order valence-electron chi connectivity index (χ4n) is 0.924. The van der Waals surface area contributed by atoms with E-state index in [2.05, 4.69) is 0 Å². The van der Waals surface area contributed by atoms with Gasteiger partial charge in [0, 0.05) is 11.8 Å². The second-order valence-corrected chi connectivity index (χ2v) is 3.79. The van der Waals surface area contributed by atoms with Crippen molar-refractivity contribution in [1.29, 1.82) is 0 Å². The van der Waals surface area contributed by atoms with Crippen LogP contribution in [0.1, 0.15) is 5.56 Å². The Hall–Kier alpha value is -0.980. The molecule has 1 aromatic rings. The van der Waals surface area contributed by atoms with Crippen LogP contribution in [0.15, 0.2) is 18.2 Å². The molecule has 0 aromatic heterocycles. The number of rotatable bonds is 3. The highest BCUT2D eigenvalue weighted by molar-refractivity contribution is 7.78. The number of halogens is 1. The summed E-state index contributed by atoms with van der Waals surface area (Å²) in [6, 6.07) is 3.89. The Labute approximate surface area is 87.1 Å². The van der Waals surface area contributed by atoms with Gasteiger partial charge in [-0.25, -0.2) is 0 Å². The van der Waals surface area contributed by atoms with Crippen molar-refractivity contribution in [2.45, 2.75) is 5.75 Å². The average Bonchev–Trinajstić information content (AvgIpc) is 2.07. The molecule has 76 valence electrons. The second kappa shape index (κ2) is 4.50. The molecule has 0 radical (unpaired) electrons. The van der Waals surface area contributed by atoms with Crippen LogP contribution in [-0.2, 0) is 16.8 Å². The van der Waals surface area contributed by atoms with E-state index in [0.717, 1.165) is 6.07 Å². The predicted octanol–water partition coefficient (Wildman–Crippen LogP) is 1.63. The zero-order chi connectivity index (χ0) is 10.7. The van der Waals surface area contributed by atoms with E-state index in [-0.39, 0.29) is 16.5 Å². The van der Waals surface area contributed by atoms with Crippen LogP contribution in [-0.4, -0.2) is 13.7 Å². The van der Waals surface area contributed by atoms with Crippen LogP contribution in [0, 0.1) is 10.1 Å². The van der Waals surface area contributed by atoms with Crippen molar-refractivity contribution in [1.82, 2.24) is 0 Å². The highest BCUT2D eigenvalue weighted by Crippen LogP contribution is 2.25. The van der Waals surface area contributed by atoms with Gasteiger partial charge >= 0.3 is 0 Å². The van der Waals surface area contributed by atoms with E-state index in [1.165, 1.54) is 12.1 Å². The molecule has 0 aliphatic rings. The molecule has 1 rings (SSSR count). The molecule has 1 atom stereocenters. The first-order valence-corrected chi connectivity index (χ1v) is 5.11. The molecule has 14 heavy (non-hydrogen) atoms. The summed E-state index contributed by atoms with van der Waals surface area (Å²) >= 11 is 3.27. The van der Waals surface area contributed by atoms with E-state index in [9.17, 15) is 18.9 Å². The number of hydrogen-bond acceptors (Lipinski definition) is 4. The minimum atomic E-state index is -2.26. The number of benzene rings is 1. The van der Waals surface area contributed by atoms with Gasteiger partial charge in [0.1, 0.15) is 5.02 Å². The van der Waals surface area contributed by atoms with Crippen molar-refractivity contribution in [3.8, 4) is 0 Å². The Bertz CT molecular complexity index is 395. The minimum absolute atomic E-state index is 0.00423. The van der Waals surface area contributed by atoms with Gasteiger partial charge in [0.15, 0.2) is 0 Å². The van der Waals surface area contributed by atoms with Crippen LogP contribution in [0.4, 0.5) is 5.69 Å². The van der Waals surface area contributed by atoms with E-state index in [4.69, 9.17) is 11.6 Å². The highest BCUT2D eigenvalue weighted by atomic mass is 35.5. The van der Waals surface area contributed by atoms with Crippen LogP contribution in [0.25, 0.3) is 0 Å². The van der Waals surface area contributed by atoms with Gasteiger partial charge in [0.2, 0.25) is 0 Å². The Morgan fingerprint density at radius 2 is 2.14 bits per heavy atom. The Morgan fingerprint density at radius 1 is 1.50 bits per heavy atom. The van der Waals surface area contributed by atoms with Gasteiger partial charge in [-0.05, 0) is 11.6 Å². The third-order valence-electron chi connectivity index (χ3n) is 1.49. The van der Waals surface area contributed by atoms with Crippen molar-refractivity contribution in [3.05, 3.63) is 38.9 Å². The Kier molecular flexibility index (Phi) is 3.56. The van der Waals surface area contributed by atoms with Crippen LogP contribution in [0.5, 0.6) is 0 Å². The molecule has 0 saturated carbocycles. The number of nitro benzene ring substituents is 1. The van der Waals surface area contributed by atoms with Crippen molar-refractivity contribution < 1.29 is 13.7 Å². The smallest absolute Gasteiger partial charge is 0.288 e. The van der Waals surface area contributed by atoms with Gasteiger partial charge in [-0.3, -0.25) is 14.3 Å². The third kappa shape index (κ3) is 2.76. The first-order valence-electron chi connectivity index (χ1n) is 3.49. The summed E-state index contributed by atoms with van der Waals surface area (Å²) in [5, 5.41) is 10.4. The van der Waals surface area contributed by atoms with Gasteiger partial charge in [0.05, 0.1) is 4.92 Å². The first-order chi connectivity index (χ1) is 6.50. The molecule has 5 nitrogen and oxygen atoms in total. The topological polar surface area (TPSA) is 83.3 Å². The minimum Gasteiger partial charge on any atom is -0.772 e. The van der Waals surface area contributed by atoms with Gasteiger partial charge in [0.25, 0.3) is 5.69 Å². The lowest BCUT2D eigenvalue weighted by molar-refractivity contribution is -0.384. The summed E-state index contributed by atoms with van der Waals surface area (Å²) in [5.74, 6) is -0.252. The molecule has 0 fully saturated rings. The van der Waals surface area contributed by atoms with E-state index >= 15 is 0 Å². The monoisotopic (exact) mass is 234 g/mol. The standard InChI is InChI=1S/C7H6ClNO4S/c8-6-2-1-5(4-14(12)13)3-7(6)9(10)11/h1-3H,4H2,(H,12,13)/p-1. The predicted molar refractivity (Wildman–Crippen MR) is 50.7 cm³/mol. The molecule has 0 bridgehead atoms. The van der Waals surface area contributed by atoms with Gasteiger partial charge < -0.3 is 4.55 Å². The molecule has 0 saturated heterocycles. The summed E-state index contributed by atoms with van der Waals surface area (Å²) < 4.78 is 20.7. The Balaban J connectivity index is 3.06. The van der Waals surface area contributed by atoms with E-state index < -0.39 is 16.0 Å². The van der Waals surface area contributed by atoms with E-state index in [1.807, 2.05) is 0 Å². The van der Waals surface area contributed by atoms with Gasteiger partial charge in [-0.2, -0.15) is 0 Å². The molecular formula is C7H5ClNO4S-. The summed E-state index contributed by atoms with van der Waals surface area (Å²) in [6.07, 6.45) is 0. The van der Waals surface area contributed by atoms with Crippen molar-refractivity contribution >= 4 is 28.4 Å². The fourth-order valence-corrected chi connectivity index (χ4v) is 1.56. The molecule has 7 heteroatoms. The van der Waals surface area contributed by atoms with Crippen LogP contribution < -0.4 is 0 Å². The lowest BCUT2D eigenvalue weighted by atomic mass is 10.2. The third-order valence-corrected chi connectivity index (χ3v) is 2.38. The van der Waals surface area contributed by atoms with Gasteiger partial charge in [-0.1, -0.05) is 28.7 Å². The number of nitrogens with zero attached hydrogens (tertiary/aromatic N) is 1. The van der Waals surface area contributed by atoms with Crippen LogP contribution in [0.2, 0.25) is 5.02 Å². The maximum Gasteiger partial charge on any atom is 0.288 e. The molecular weight excluding hydrogens is 230 g/mol. The molecule has 0 aliphatic carbocycles. The van der Waals surface area contributed by atoms with Crippen molar-refractivity contribution in [2.75, 3.05) is 0 Å². The average molecular weight is 235 g/mol. The lowest BCUT2D eigenvalue weighted by Crippen LogP contribution is -1.96. The highest BCUT2D eigenvalue weighted by Gasteiger charge is 2.12. The zero-order valence-electron chi connectivity index (χ0n) is 6.81. The van der Waals surface area contributed by atoms with E-state index in [0.29, 0.717) is 5.56 Å². The quantitative estimate of drug-likeness (QED) is 0.452. The fraction of sp³-hybridized carbons (Fsp3) is 0.143. The molecule has 0 aliphatic heterocycles. The molecule has 1 aromatic carbocycles. The van der Waals surface area contributed by atoms with Crippen molar-refractivity contribution in [3.63, 3.8) is 0 Å². The maximum absolute atomic E-state index is 10.4. The van der Waals surface area contributed by atoms with Crippen LogP contribution >= 0.6 is 11.6 Å². The lowest BCUT2D eigenvalue weighted by Gasteiger charge is -2.04. The molecule has 0 heterocycles. The molecule has 0 spiro atoms. The summed E-state index contributed by atoms with van der Waals surface area (Å²) in [5.41, 5.74) is 0.0593. The van der Waals surface area contributed by atoms with E-state index in [1.54, 1.807) is 0 Å². The SMILES string of the molecule is O=[N+]([O-])c1cc(CS(=O)[O-])ccc1Cl. The number of hydrogen-bond donors (Lipinski definition) is 0. The number of nitro groups is 1. The normalized spacial score (nSPS) is 12.4. The maximum atomic E-state index is 10.4. The molecule has 1 unspecified atom stereocenters. The molecule has 0 amide bonds. The first kappa shape index (κ1) is 11.1. The molecule has 0 N–H and O–H groups in total. The largest absolute Gasteiger partial charge is 0.772 e. The van der Waals surface area contributed by atoms with Gasteiger partial charge in [-0.15, -0.1) is 0 Å². The summed E-state index contributed by atoms with van der Waals surface area (Å²) in [4.78, 5) is 9.77. The summed E-state index contributed by atoms with van der Waals surface area (Å²) in [7, 11) is 0. The summed E-state index contributed by atoms with van der Waals surface area (Å²) in [6.45, 7) is 0. The van der Waals surface area contributed by atoms with Crippen LogP contribution in [0.3, 0.4) is 0 Å². The second-order valence-electron chi connectivity index (χ2n) is 2.49. The zero-order valence-corrected chi connectivity index (χ0v) is 8.38. The Morgan fingerprint density at radius 3 is 2.64 bits per heavy atom. The van der Waals surface area contributed by atoms with Crippen molar-refractivity contribution in [2.24, 2.45) is 0 Å².